The first kappa shape index (κ1) is 23.1. The molecule has 0 bridgehead atoms. The van der Waals surface area contributed by atoms with E-state index in [4.69, 9.17) is 14.6 Å². The molecule has 3 heterocycles. The Morgan fingerprint density at radius 2 is 1.86 bits per heavy atom. The molecular weight excluding hydrogens is 391 g/mol. The predicted octanol–water partition coefficient (Wildman–Crippen LogP) is 2.18. The van der Waals surface area contributed by atoms with Gasteiger partial charge in [0, 0.05) is 45.7 Å². The van der Waals surface area contributed by atoms with Gasteiger partial charge >= 0.3 is 12.1 Å². The third kappa shape index (κ3) is 6.97. The highest BCUT2D eigenvalue weighted by Gasteiger charge is 2.41. The maximum absolute atomic E-state index is 11.9. The minimum Gasteiger partial charge on any atom is -0.475 e. The SMILES string of the molecule is COCC(=O)N1CCC2(CCN(Cc3cccnc3)C2)CC1.O=C(O)C(F)(F)F. The number of aliphatic carboxylic acids is 1. The van der Waals surface area contributed by atoms with Crippen LogP contribution in [0.15, 0.2) is 24.5 Å². The molecule has 0 radical (unpaired) electrons. The van der Waals surface area contributed by atoms with E-state index in [2.05, 4.69) is 16.0 Å². The number of carboxylic acids is 1. The van der Waals surface area contributed by atoms with Crippen LogP contribution in [0.4, 0.5) is 13.2 Å². The van der Waals surface area contributed by atoms with E-state index in [1.807, 2.05) is 23.4 Å². The Morgan fingerprint density at radius 1 is 1.24 bits per heavy atom. The fourth-order valence-corrected chi connectivity index (χ4v) is 3.77. The van der Waals surface area contributed by atoms with Crippen molar-refractivity contribution in [3.63, 3.8) is 0 Å². The summed E-state index contributed by atoms with van der Waals surface area (Å²) in [5, 5.41) is 7.12. The van der Waals surface area contributed by atoms with Gasteiger partial charge in [0.25, 0.3) is 0 Å². The number of alkyl halides is 3. The lowest BCUT2D eigenvalue weighted by molar-refractivity contribution is -0.192. The smallest absolute Gasteiger partial charge is 0.475 e. The maximum atomic E-state index is 11.9. The molecular formula is C19H26F3N3O4. The van der Waals surface area contributed by atoms with E-state index in [-0.39, 0.29) is 12.5 Å². The molecule has 10 heteroatoms. The zero-order chi connectivity index (χ0) is 21.5. The topological polar surface area (TPSA) is 83.0 Å². The maximum Gasteiger partial charge on any atom is 0.490 e. The largest absolute Gasteiger partial charge is 0.490 e. The van der Waals surface area contributed by atoms with Crippen molar-refractivity contribution in [3.05, 3.63) is 30.1 Å². The Labute approximate surface area is 167 Å². The number of piperidine rings is 1. The van der Waals surface area contributed by atoms with Crippen molar-refractivity contribution >= 4 is 11.9 Å². The van der Waals surface area contributed by atoms with Crippen LogP contribution in [0.2, 0.25) is 0 Å². The summed E-state index contributed by atoms with van der Waals surface area (Å²) in [7, 11) is 1.58. The highest BCUT2D eigenvalue weighted by atomic mass is 19.4. The Bertz CT molecular complexity index is 677. The van der Waals surface area contributed by atoms with Gasteiger partial charge in [-0.1, -0.05) is 6.07 Å². The lowest BCUT2D eigenvalue weighted by Gasteiger charge is -2.39. The summed E-state index contributed by atoms with van der Waals surface area (Å²) in [5.41, 5.74) is 1.69. The van der Waals surface area contributed by atoms with Crippen molar-refractivity contribution in [1.82, 2.24) is 14.8 Å². The average Bonchev–Trinajstić information content (AvgIpc) is 3.05. The van der Waals surface area contributed by atoms with Crippen LogP contribution in [0.3, 0.4) is 0 Å². The number of ether oxygens (including phenoxy) is 1. The van der Waals surface area contributed by atoms with Crippen LogP contribution < -0.4 is 0 Å². The molecule has 29 heavy (non-hydrogen) atoms. The summed E-state index contributed by atoms with van der Waals surface area (Å²) in [6.45, 7) is 5.25. The van der Waals surface area contributed by atoms with E-state index in [0.717, 1.165) is 45.6 Å². The predicted molar refractivity (Wildman–Crippen MR) is 97.9 cm³/mol. The molecule has 2 saturated heterocycles. The molecule has 1 aromatic rings. The zero-order valence-electron chi connectivity index (χ0n) is 16.3. The highest BCUT2D eigenvalue weighted by Crippen LogP contribution is 2.40. The molecule has 1 spiro atoms. The van der Waals surface area contributed by atoms with E-state index in [0.29, 0.717) is 5.41 Å². The van der Waals surface area contributed by atoms with Crippen molar-refractivity contribution in [2.45, 2.75) is 32.0 Å². The van der Waals surface area contributed by atoms with Gasteiger partial charge in [0.2, 0.25) is 5.91 Å². The summed E-state index contributed by atoms with van der Waals surface area (Å²) < 4.78 is 36.7. The van der Waals surface area contributed by atoms with Gasteiger partial charge in [0.15, 0.2) is 0 Å². The van der Waals surface area contributed by atoms with Crippen molar-refractivity contribution in [3.8, 4) is 0 Å². The number of amides is 1. The molecule has 162 valence electrons. The second kappa shape index (κ2) is 10.0. The minimum atomic E-state index is -5.08. The molecule has 0 aliphatic carbocycles. The first-order valence-electron chi connectivity index (χ1n) is 9.33. The number of carbonyl (C=O) groups is 2. The number of hydrogen-bond donors (Lipinski definition) is 1. The quantitative estimate of drug-likeness (QED) is 0.809. The molecule has 2 fully saturated rings. The molecule has 0 unspecified atom stereocenters. The Hall–Kier alpha value is -2.20. The second-order valence-electron chi connectivity index (χ2n) is 7.44. The molecule has 2 aliphatic rings. The van der Waals surface area contributed by atoms with Gasteiger partial charge in [-0.3, -0.25) is 14.7 Å². The first-order valence-corrected chi connectivity index (χ1v) is 9.33. The normalized spacial score (nSPS) is 19.0. The molecule has 1 aromatic heterocycles. The van der Waals surface area contributed by atoms with Crippen LogP contribution in [0.25, 0.3) is 0 Å². The van der Waals surface area contributed by atoms with Gasteiger partial charge in [-0.05, 0) is 42.9 Å². The highest BCUT2D eigenvalue weighted by molar-refractivity contribution is 5.77. The van der Waals surface area contributed by atoms with Crippen LogP contribution in [-0.4, -0.2) is 77.8 Å². The van der Waals surface area contributed by atoms with E-state index < -0.39 is 12.1 Å². The fourth-order valence-electron chi connectivity index (χ4n) is 3.77. The van der Waals surface area contributed by atoms with E-state index in [1.165, 1.54) is 12.0 Å². The van der Waals surface area contributed by atoms with Gasteiger partial charge in [-0.25, -0.2) is 4.79 Å². The number of carboxylic acid groups (broad SMARTS) is 1. The number of nitrogens with zero attached hydrogens (tertiary/aromatic N) is 3. The Balaban J connectivity index is 0.000000370. The Kier molecular flexibility index (Phi) is 7.97. The monoisotopic (exact) mass is 417 g/mol. The first-order chi connectivity index (χ1) is 13.6. The van der Waals surface area contributed by atoms with Gasteiger partial charge in [0.1, 0.15) is 6.61 Å². The molecule has 3 rings (SSSR count). The van der Waals surface area contributed by atoms with Crippen LogP contribution in [-0.2, 0) is 20.9 Å². The summed E-state index contributed by atoms with van der Waals surface area (Å²) in [4.78, 5) is 29.5. The zero-order valence-corrected chi connectivity index (χ0v) is 16.3. The van der Waals surface area contributed by atoms with Crippen LogP contribution in [0, 0.1) is 5.41 Å². The number of methoxy groups -OCH3 is 1. The van der Waals surface area contributed by atoms with E-state index in [9.17, 15) is 18.0 Å². The fraction of sp³-hybridized carbons (Fsp3) is 0.632. The van der Waals surface area contributed by atoms with Crippen molar-refractivity contribution in [2.24, 2.45) is 5.41 Å². The average molecular weight is 417 g/mol. The van der Waals surface area contributed by atoms with Crippen molar-refractivity contribution in [1.29, 1.82) is 0 Å². The molecule has 0 aromatic carbocycles. The van der Waals surface area contributed by atoms with Gasteiger partial charge in [-0.2, -0.15) is 13.2 Å². The number of likely N-dealkylation sites (tertiary alicyclic amines) is 2. The molecule has 1 N–H and O–H groups in total. The summed E-state index contributed by atoms with van der Waals surface area (Å²) >= 11 is 0. The second-order valence-corrected chi connectivity index (χ2v) is 7.44. The molecule has 7 nitrogen and oxygen atoms in total. The minimum absolute atomic E-state index is 0.127. The van der Waals surface area contributed by atoms with Gasteiger partial charge in [-0.15, -0.1) is 0 Å². The number of pyridine rings is 1. The number of hydrogen-bond acceptors (Lipinski definition) is 5. The third-order valence-corrected chi connectivity index (χ3v) is 5.33. The molecule has 1 amide bonds. The summed E-state index contributed by atoms with van der Waals surface area (Å²) in [6, 6.07) is 4.14. The Morgan fingerprint density at radius 3 is 2.38 bits per heavy atom. The third-order valence-electron chi connectivity index (χ3n) is 5.33. The molecule has 0 atom stereocenters. The van der Waals surface area contributed by atoms with Crippen LogP contribution in [0.1, 0.15) is 24.8 Å². The summed E-state index contributed by atoms with van der Waals surface area (Å²) in [5.74, 6) is -2.63. The van der Waals surface area contributed by atoms with Crippen LogP contribution >= 0.6 is 0 Å². The lowest BCUT2D eigenvalue weighted by atomic mass is 9.78. The van der Waals surface area contributed by atoms with Crippen molar-refractivity contribution in [2.75, 3.05) is 39.9 Å². The van der Waals surface area contributed by atoms with Crippen molar-refractivity contribution < 1.29 is 32.6 Å². The van der Waals surface area contributed by atoms with Gasteiger partial charge in [0.05, 0.1) is 0 Å². The van der Waals surface area contributed by atoms with Crippen LogP contribution in [0.5, 0.6) is 0 Å². The van der Waals surface area contributed by atoms with E-state index in [1.54, 1.807) is 7.11 Å². The molecule has 2 aliphatic heterocycles. The van der Waals surface area contributed by atoms with Gasteiger partial charge < -0.3 is 14.7 Å². The number of aromatic nitrogens is 1. The van der Waals surface area contributed by atoms with E-state index >= 15 is 0 Å². The number of halogens is 3. The lowest BCUT2D eigenvalue weighted by Crippen LogP contribution is -2.45. The molecule has 0 saturated carbocycles. The number of rotatable bonds is 4. The summed E-state index contributed by atoms with van der Waals surface area (Å²) in [6.07, 6.45) is 2.18. The number of carbonyl (C=O) groups excluding carboxylic acids is 1. The standard InChI is InChI=1S/C17H25N3O2.C2HF3O2/c1-22-13-16(21)20-9-5-17(6-10-20)4-8-19(14-17)12-15-3-2-7-18-11-15;3-2(4,5)1(6)7/h2-3,7,11H,4-6,8-10,12-14H2,1H3;(H,6,7).